The second kappa shape index (κ2) is 5.65. The van der Waals surface area contributed by atoms with Gasteiger partial charge >= 0.3 is 7.12 Å². The number of benzene rings is 1. The summed E-state index contributed by atoms with van der Waals surface area (Å²) >= 11 is 2.87. The van der Waals surface area contributed by atoms with E-state index in [0.717, 1.165) is 12.1 Å². The highest BCUT2D eigenvalue weighted by Crippen LogP contribution is 2.39. The van der Waals surface area contributed by atoms with Gasteiger partial charge in [0.15, 0.2) is 17.5 Å². The molecule has 0 amide bonds. The zero-order valence-corrected chi connectivity index (χ0v) is 14.0. The molecule has 0 bridgehead atoms. The molecule has 1 saturated heterocycles. The Morgan fingerprint density at radius 2 is 1.59 bits per heavy atom. The molecule has 0 radical (unpaired) electrons. The molecule has 1 aromatic rings. The quantitative estimate of drug-likeness (QED) is 0.317. The zero-order chi connectivity index (χ0) is 16.9. The summed E-state index contributed by atoms with van der Waals surface area (Å²) in [5.74, 6) is -4.52. The van der Waals surface area contributed by atoms with Crippen molar-refractivity contribution in [1.29, 1.82) is 0 Å². The van der Waals surface area contributed by atoms with Crippen molar-refractivity contribution in [3.8, 4) is 0 Å². The first-order chi connectivity index (χ1) is 9.96. The molecule has 0 spiro atoms. The SMILES string of the molecule is CC1(C)OB(C(F)=Cc2c(Br)cc(F)c(F)c2F)OC1(C)C. The minimum Gasteiger partial charge on any atom is -0.398 e. The van der Waals surface area contributed by atoms with E-state index in [9.17, 15) is 17.6 Å². The Balaban J connectivity index is 2.38. The average molecular weight is 381 g/mol. The van der Waals surface area contributed by atoms with E-state index in [4.69, 9.17) is 9.31 Å². The van der Waals surface area contributed by atoms with Crippen molar-refractivity contribution in [2.24, 2.45) is 0 Å². The first-order valence-corrected chi connectivity index (χ1v) is 7.31. The summed E-state index contributed by atoms with van der Waals surface area (Å²) < 4.78 is 65.1. The molecule has 1 aliphatic heterocycles. The average Bonchev–Trinajstić information content (AvgIpc) is 2.61. The van der Waals surface area contributed by atoms with E-state index in [1.54, 1.807) is 27.7 Å². The number of rotatable bonds is 2. The third-order valence-corrected chi connectivity index (χ3v) is 4.57. The van der Waals surface area contributed by atoms with Gasteiger partial charge in [-0.1, -0.05) is 0 Å². The van der Waals surface area contributed by atoms with Gasteiger partial charge in [0.2, 0.25) is 0 Å². The molecular weight excluding hydrogens is 367 g/mol. The van der Waals surface area contributed by atoms with Gasteiger partial charge in [0, 0.05) is 10.0 Å². The lowest BCUT2D eigenvalue weighted by atomic mass is 9.86. The van der Waals surface area contributed by atoms with Crippen molar-refractivity contribution in [3.63, 3.8) is 0 Å². The van der Waals surface area contributed by atoms with Crippen LogP contribution in [-0.2, 0) is 9.31 Å². The van der Waals surface area contributed by atoms with Gasteiger partial charge in [-0.15, -0.1) is 0 Å². The van der Waals surface area contributed by atoms with E-state index in [0.29, 0.717) is 0 Å². The van der Waals surface area contributed by atoms with E-state index in [1.807, 2.05) is 0 Å². The molecule has 2 rings (SSSR count). The van der Waals surface area contributed by atoms with Crippen molar-refractivity contribution in [2.75, 3.05) is 0 Å². The maximum absolute atomic E-state index is 14.3. The molecule has 2 nitrogen and oxygen atoms in total. The summed E-state index contributed by atoms with van der Waals surface area (Å²) in [6.45, 7) is 6.92. The van der Waals surface area contributed by atoms with Gasteiger partial charge in [0.1, 0.15) is 5.73 Å². The highest BCUT2D eigenvalue weighted by molar-refractivity contribution is 9.10. The van der Waals surface area contributed by atoms with E-state index in [1.165, 1.54) is 0 Å². The maximum atomic E-state index is 14.3. The summed E-state index contributed by atoms with van der Waals surface area (Å²) in [4.78, 5) is 0. The van der Waals surface area contributed by atoms with Crippen molar-refractivity contribution < 1.29 is 26.9 Å². The summed E-state index contributed by atoms with van der Waals surface area (Å²) in [6, 6.07) is 0.724. The number of hydrogen-bond donors (Lipinski definition) is 0. The molecule has 0 saturated carbocycles. The molecule has 1 aliphatic rings. The summed E-state index contributed by atoms with van der Waals surface area (Å²) in [6.07, 6.45) is 0.726. The topological polar surface area (TPSA) is 18.5 Å². The lowest BCUT2D eigenvalue weighted by Crippen LogP contribution is -2.41. The van der Waals surface area contributed by atoms with Crippen LogP contribution in [0.4, 0.5) is 17.6 Å². The van der Waals surface area contributed by atoms with Crippen LogP contribution in [0.25, 0.3) is 6.08 Å². The fourth-order valence-corrected chi connectivity index (χ4v) is 2.36. The van der Waals surface area contributed by atoms with E-state index < -0.39 is 47.1 Å². The maximum Gasteiger partial charge on any atom is 0.525 e. The van der Waals surface area contributed by atoms with Crippen LogP contribution in [0.15, 0.2) is 16.3 Å². The summed E-state index contributed by atoms with van der Waals surface area (Å²) in [7, 11) is -1.34. The zero-order valence-electron chi connectivity index (χ0n) is 12.4. The fourth-order valence-electron chi connectivity index (χ4n) is 1.87. The van der Waals surface area contributed by atoms with Crippen LogP contribution in [0, 0.1) is 17.5 Å². The van der Waals surface area contributed by atoms with E-state index in [2.05, 4.69) is 15.9 Å². The Morgan fingerprint density at radius 1 is 1.09 bits per heavy atom. The fraction of sp³-hybridized carbons (Fsp3) is 0.429. The van der Waals surface area contributed by atoms with E-state index >= 15 is 0 Å². The Labute approximate surface area is 134 Å². The van der Waals surface area contributed by atoms with Gasteiger partial charge in [-0.25, -0.2) is 17.6 Å². The van der Waals surface area contributed by atoms with Crippen molar-refractivity contribution in [3.05, 3.63) is 39.3 Å². The largest absolute Gasteiger partial charge is 0.525 e. The molecule has 8 heteroatoms. The minimum absolute atomic E-state index is 0.115. The second-order valence-corrected chi connectivity index (χ2v) is 6.85. The van der Waals surface area contributed by atoms with Crippen LogP contribution in [0.5, 0.6) is 0 Å². The van der Waals surface area contributed by atoms with Crippen LogP contribution >= 0.6 is 15.9 Å². The van der Waals surface area contributed by atoms with Gasteiger partial charge in [0.25, 0.3) is 0 Å². The Kier molecular flexibility index (Phi) is 4.50. The van der Waals surface area contributed by atoms with Gasteiger partial charge in [0.05, 0.1) is 11.2 Å². The molecule has 0 atom stereocenters. The third kappa shape index (κ3) is 2.96. The molecule has 1 fully saturated rings. The highest BCUT2D eigenvalue weighted by atomic mass is 79.9. The van der Waals surface area contributed by atoms with Crippen LogP contribution in [0.3, 0.4) is 0 Å². The molecule has 0 N–H and O–H groups in total. The van der Waals surface area contributed by atoms with Crippen molar-refractivity contribution >= 4 is 29.1 Å². The number of halogens is 5. The molecular formula is C14H14BBrF4O2. The first kappa shape index (κ1) is 17.5. The van der Waals surface area contributed by atoms with Crippen LogP contribution in [0.1, 0.15) is 33.3 Å². The van der Waals surface area contributed by atoms with Gasteiger partial charge in [-0.05, 0) is 55.8 Å². The molecule has 0 aromatic heterocycles. The minimum atomic E-state index is -1.67. The Morgan fingerprint density at radius 3 is 2.09 bits per heavy atom. The predicted octanol–water partition coefficient (Wildman–Crippen LogP) is 4.81. The molecule has 1 heterocycles. The summed E-state index contributed by atoms with van der Waals surface area (Å²) in [5, 5.41) is 0. The Hall–Kier alpha value is -0.855. The highest BCUT2D eigenvalue weighted by Gasteiger charge is 2.53. The van der Waals surface area contributed by atoms with Crippen LogP contribution in [0.2, 0.25) is 0 Å². The second-order valence-electron chi connectivity index (χ2n) is 6.00. The van der Waals surface area contributed by atoms with Crippen LogP contribution < -0.4 is 0 Å². The molecule has 0 unspecified atom stereocenters. The van der Waals surface area contributed by atoms with Gasteiger partial charge in [-0.2, -0.15) is 0 Å². The molecule has 120 valence electrons. The molecule has 0 aliphatic carbocycles. The summed E-state index contributed by atoms with van der Waals surface area (Å²) in [5.41, 5.74) is -2.94. The smallest absolute Gasteiger partial charge is 0.398 e. The van der Waals surface area contributed by atoms with Crippen molar-refractivity contribution in [2.45, 2.75) is 38.9 Å². The monoisotopic (exact) mass is 380 g/mol. The van der Waals surface area contributed by atoms with Gasteiger partial charge in [-0.3, -0.25) is 0 Å². The molecule has 22 heavy (non-hydrogen) atoms. The third-order valence-electron chi connectivity index (χ3n) is 3.91. The first-order valence-electron chi connectivity index (χ1n) is 6.52. The lowest BCUT2D eigenvalue weighted by molar-refractivity contribution is 0.00578. The number of hydrogen-bond acceptors (Lipinski definition) is 2. The standard InChI is InChI=1S/C14H14BBrF4O2/c1-13(2)14(3,4)22-15(21-13)10(18)5-7-8(16)6-9(17)12(20)11(7)19/h5-6H,1-4H3. The van der Waals surface area contributed by atoms with Gasteiger partial charge < -0.3 is 9.31 Å². The Bertz CT molecular complexity index is 630. The lowest BCUT2D eigenvalue weighted by Gasteiger charge is -2.32. The normalized spacial score (nSPS) is 20.6. The van der Waals surface area contributed by atoms with E-state index in [-0.39, 0.29) is 4.47 Å². The van der Waals surface area contributed by atoms with Crippen molar-refractivity contribution in [1.82, 2.24) is 0 Å². The predicted molar refractivity (Wildman–Crippen MR) is 79.2 cm³/mol. The van der Waals surface area contributed by atoms with Crippen LogP contribution in [-0.4, -0.2) is 18.3 Å². The molecule has 1 aromatic carbocycles.